The van der Waals surface area contributed by atoms with Crippen molar-refractivity contribution in [2.45, 2.75) is 27.3 Å². The molecule has 0 aliphatic rings. The predicted molar refractivity (Wildman–Crippen MR) is 74.9 cm³/mol. The molecule has 0 aromatic heterocycles. The lowest BCUT2D eigenvalue weighted by Crippen LogP contribution is -2.23. The first kappa shape index (κ1) is 14.5. The molecule has 0 radical (unpaired) electrons. The summed E-state index contributed by atoms with van der Waals surface area (Å²) in [5.41, 5.74) is 8.76. The van der Waals surface area contributed by atoms with Crippen molar-refractivity contribution in [3.05, 3.63) is 34.9 Å². The molecule has 0 spiro atoms. The summed E-state index contributed by atoms with van der Waals surface area (Å²) in [7, 11) is 2.12. The highest BCUT2D eigenvalue weighted by Crippen LogP contribution is 2.13. The number of amidine groups is 1. The summed E-state index contributed by atoms with van der Waals surface area (Å²) in [6.45, 7) is 8.46. The van der Waals surface area contributed by atoms with E-state index in [0.29, 0.717) is 5.92 Å². The molecule has 0 aliphatic heterocycles. The average molecular weight is 249 g/mol. The molecule has 4 nitrogen and oxygen atoms in total. The lowest BCUT2D eigenvalue weighted by Gasteiger charge is -2.20. The van der Waals surface area contributed by atoms with Gasteiger partial charge in [0.15, 0.2) is 5.84 Å². The van der Waals surface area contributed by atoms with E-state index in [1.165, 1.54) is 5.56 Å². The fourth-order valence-electron chi connectivity index (χ4n) is 2.07. The summed E-state index contributed by atoms with van der Waals surface area (Å²) < 4.78 is 0. The molecule has 0 atom stereocenters. The molecule has 0 heterocycles. The zero-order chi connectivity index (χ0) is 13.7. The third-order valence-corrected chi connectivity index (χ3v) is 2.86. The van der Waals surface area contributed by atoms with Crippen LogP contribution in [0.2, 0.25) is 0 Å². The first-order valence-electron chi connectivity index (χ1n) is 6.20. The Balaban J connectivity index is 2.80. The van der Waals surface area contributed by atoms with Crippen LogP contribution in [0.3, 0.4) is 0 Å². The molecule has 100 valence electrons. The second-order valence-electron chi connectivity index (χ2n) is 5.22. The van der Waals surface area contributed by atoms with Gasteiger partial charge in [0.1, 0.15) is 0 Å². The van der Waals surface area contributed by atoms with Gasteiger partial charge in [0, 0.05) is 18.7 Å². The number of benzene rings is 1. The minimum Gasteiger partial charge on any atom is -0.409 e. The lowest BCUT2D eigenvalue weighted by molar-refractivity contribution is 0.288. The SMILES string of the molecule is Cc1cc(/C(N)=N/O)ccc1CN(C)CC(C)C. The third kappa shape index (κ3) is 4.04. The molecule has 1 aromatic carbocycles. The molecular weight excluding hydrogens is 226 g/mol. The number of hydrogen-bond donors (Lipinski definition) is 2. The van der Waals surface area contributed by atoms with Crippen molar-refractivity contribution in [2.75, 3.05) is 13.6 Å². The van der Waals surface area contributed by atoms with E-state index in [-0.39, 0.29) is 5.84 Å². The molecule has 0 saturated carbocycles. The summed E-state index contributed by atoms with van der Waals surface area (Å²) in [5.74, 6) is 0.812. The van der Waals surface area contributed by atoms with Gasteiger partial charge < -0.3 is 15.8 Å². The Morgan fingerprint density at radius 2 is 2.11 bits per heavy atom. The highest BCUT2D eigenvalue weighted by molar-refractivity contribution is 5.97. The Bertz CT molecular complexity index is 427. The Labute approximate surface area is 109 Å². The number of nitrogens with two attached hydrogens (primary N) is 1. The van der Waals surface area contributed by atoms with Crippen molar-refractivity contribution < 1.29 is 5.21 Å². The molecule has 0 amide bonds. The number of nitrogens with zero attached hydrogens (tertiary/aromatic N) is 2. The van der Waals surface area contributed by atoms with Gasteiger partial charge in [-0.05, 0) is 37.1 Å². The van der Waals surface area contributed by atoms with Gasteiger partial charge in [-0.2, -0.15) is 0 Å². The fraction of sp³-hybridized carbons (Fsp3) is 0.500. The topological polar surface area (TPSA) is 61.9 Å². The largest absolute Gasteiger partial charge is 0.409 e. The van der Waals surface area contributed by atoms with E-state index < -0.39 is 0 Å². The molecule has 0 unspecified atom stereocenters. The van der Waals surface area contributed by atoms with Crippen LogP contribution in [0.1, 0.15) is 30.5 Å². The van der Waals surface area contributed by atoms with Crippen LogP contribution in [-0.4, -0.2) is 29.5 Å². The Hall–Kier alpha value is -1.55. The second kappa shape index (κ2) is 6.40. The van der Waals surface area contributed by atoms with Gasteiger partial charge in [0.25, 0.3) is 0 Å². The van der Waals surface area contributed by atoms with E-state index in [4.69, 9.17) is 10.9 Å². The van der Waals surface area contributed by atoms with Gasteiger partial charge in [-0.15, -0.1) is 0 Å². The fourth-order valence-corrected chi connectivity index (χ4v) is 2.07. The van der Waals surface area contributed by atoms with Crippen molar-refractivity contribution in [2.24, 2.45) is 16.8 Å². The molecule has 18 heavy (non-hydrogen) atoms. The minimum absolute atomic E-state index is 0.153. The molecule has 0 aliphatic carbocycles. The van der Waals surface area contributed by atoms with E-state index in [1.54, 1.807) is 0 Å². The van der Waals surface area contributed by atoms with Gasteiger partial charge in [-0.1, -0.05) is 31.1 Å². The van der Waals surface area contributed by atoms with E-state index in [1.807, 2.05) is 25.1 Å². The Morgan fingerprint density at radius 1 is 1.44 bits per heavy atom. The molecule has 0 bridgehead atoms. The highest BCUT2D eigenvalue weighted by Gasteiger charge is 2.07. The molecule has 3 N–H and O–H groups in total. The average Bonchev–Trinajstić information content (AvgIpc) is 2.29. The summed E-state index contributed by atoms with van der Waals surface area (Å²) in [6, 6.07) is 5.88. The predicted octanol–water partition coefficient (Wildman–Crippen LogP) is 2.18. The number of aryl methyl sites for hydroxylation is 1. The van der Waals surface area contributed by atoms with Crippen molar-refractivity contribution >= 4 is 5.84 Å². The van der Waals surface area contributed by atoms with E-state index in [0.717, 1.165) is 24.2 Å². The minimum atomic E-state index is 0.153. The van der Waals surface area contributed by atoms with Crippen LogP contribution in [0.15, 0.2) is 23.4 Å². The summed E-state index contributed by atoms with van der Waals surface area (Å²) >= 11 is 0. The zero-order valence-corrected chi connectivity index (χ0v) is 11.6. The van der Waals surface area contributed by atoms with E-state index >= 15 is 0 Å². The van der Waals surface area contributed by atoms with Crippen LogP contribution < -0.4 is 5.73 Å². The Morgan fingerprint density at radius 3 is 2.61 bits per heavy atom. The number of oxime groups is 1. The van der Waals surface area contributed by atoms with Crippen molar-refractivity contribution in [3.63, 3.8) is 0 Å². The van der Waals surface area contributed by atoms with E-state index in [2.05, 4.69) is 31.0 Å². The monoisotopic (exact) mass is 249 g/mol. The summed E-state index contributed by atoms with van der Waals surface area (Å²) in [6.07, 6.45) is 0. The Kier molecular flexibility index (Phi) is 5.16. The summed E-state index contributed by atoms with van der Waals surface area (Å²) in [5, 5.41) is 11.7. The maximum atomic E-state index is 8.65. The molecule has 1 rings (SSSR count). The van der Waals surface area contributed by atoms with Crippen molar-refractivity contribution in [1.82, 2.24) is 4.90 Å². The van der Waals surface area contributed by atoms with Crippen LogP contribution in [0.4, 0.5) is 0 Å². The lowest BCUT2D eigenvalue weighted by atomic mass is 10.0. The molecule has 0 fully saturated rings. The maximum Gasteiger partial charge on any atom is 0.170 e. The molecule has 4 heteroatoms. The zero-order valence-electron chi connectivity index (χ0n) is 11.6. The van der Waals surface area contributed by atoms with Crippen molar-refractivity contribution in [1.29, 1.82) is 0 Å². The second-order valence-corrected chi connectivity index (χ2v) is 5.22. The third-order valence-electron chi connectivity index (χ3n) is 2.86. The van der Waals surface area contributed by atoms with Gasteiger partial charge in [0.2, 0.25) is 0 Å². The van der Waals surface area contributed by atoms with Crippen LogP contribution in [-0.2, 0) is 6.54 Å². The van der Waals surface area contributed by atoms with Gasteiger partial charge >= 0.3 is 0 Å². The maximum absolute atomic E-state index is 8.65. The van der Waals surface area contributed by atoms with Crippen molar-refractivity contribution in [3.8, 4) is 0 Å². The van der Waals surface area contributed by atoms with Gasteiger partial charge in [0.05, 0.1) is 0 Å². The van der Waals surface area contributed by atoms with Crippen LogP contribution in [0.25, 0.3) is 0 Å². The number of rotatable bonds is 5. The first-order valence-corrected chi connectivity index (χ1v) is 6.20. The quantitative estimate of drug-likeness (QED) is 0.364. The molecule has 1 aromatic rings. The van der Waals surface area contributed by atoms with Gasteiger partial charge in [-0.25, -0.2) is 0 Å². The standard InChI is InChI=1S/C14H23N3O/c1-10(2)8-17(4)9-13-6-5-12(7-11(13)3)14(15)16-18/h5-7,10,18H,8-9H2,1-4H3,(H2,15,16). The van der Waals surface area contributed by atoms with Crippen LogP contribution in [0.5, 0.6) is 0 Å². The smallest absolute Gasteiger partial charge is 0.170 e. The number of hydrogen-bond acceptors (Lipinski definition) is 3. The van der Waals surface area contributed by atoms with Crippen LogP contribution >= 0.6 is 0 Å². The summed E-state index contributed by atoms with van der Waals surface area (Å²) in [4.78, 5) is 2.30. The molecule has 0 saturated heterocycles. The van der Waals surface area contributed by atoms with Gasteiger partial charge in [-0.3, -0.25) is 0 Å². The van der Waals surface area contributed by atoms with E-state index in [9.17, 15) is 0 Å². The normalized spacial score (nSPS) is 12.4. The van der Waals surface area contributed by atoms with Crippen LogP contribution in [0, 0.1) is 12.8 Å². The molecular formula is C14H23N3O. The first-order chi connectivity index (χ1) is 8.43. The highest BCUT2D eigenvalue weighted by atomic mass is 16.4.